The first-order valence-corrected chi connectivity index (χ1v) is 5.91. The first-order valence-electron chi connectivity index (χ1n) is 4.68. The van der Waals surface area contributed by atoms with Gasteiger partial charge in [0.2, 0.25) is 0 Å². The average Bonchev–Trinajstić information content (AvgIpc) is 2.02. The van der Waals surface area contributed by atoms with Crippen LogP contribution in [-0.2, 0) is 24.7 Å². The minimum absolute atomic E-state index is 0.537. The van der Waals surface area contributed by atoms with Crippen LogP contribution >= 0.6 is 0 Å². The molecule has 0 rings (SSSR count). The van der Waals surface area contributed by atoms with Crippen LogP contribution in [0.25, 0.3) is 0 Å². The summed E-state index contributed by atoms with van der Waals surface area (Å²) in [7, 11) is 0. The van der Waals surface area contributed by atoms with E-state index < -0.39 is 0 Å². The van der Waals surface area contributed by atoms with Crippen LogP contribution in [0, 0.1) is 5.41 Å². The fraction of sp³-hybridized carbons (Fsp3) is 1.00. The Bertz CT molecular complexity index is 112. The van der Waals surface area contributed by atoms with E-state index in [-0.39, 0.29) is 0 Å². The van der Waals surface area contributed by atoms with Crippen LogP contribution in [0.4, 0.5) is 0 Å². The molecule has 0 aromatic carbocycles. The van der Waals surface area contributed by atoms with E-state index in [0.717, 1.165) is 0 Å². The van der Waals surface area contributed by atoms with Crippen molar-refractivity contribution in [1.82, 2.24) is 0 Å². The van der Waals surface area contributed by atoms with E-state index in [1.165, 1.54) is 19.3 Å². The molecule has 0 unspecified atom stereocenters. The van der Waals surface area contributed by atoms with E-state index >= 15 is 0 Å². The molecule has 0 aromatic rings. The maximum atomic E-state index is 2.41. The molecule has 0 N–H and O–H groups in total. The minimum atomic E-state index is 0.537. The predicted octanol–water partition coefficient (Wildman–Crippen LogP) is 3.95. The molecule has 65 valence electrons. The van der Waals surface area contributed by atoms with Crippen molar-refractivity contribution in [3.63, 3.8) is 0 Å². The molecule has 0 atom stereocenters. The second-order valence-corrected chi connectivity index (χ2v) is 6.38. The zero-order valence-electron chi connectivity index (χ0n) is 8.62. The van der Waals surface area contributed by atoms with Gasteiger partial charge < -0.3 is 0 Å². The quantitative estimate of drug-likeness (QED) is 0.688. The molecule has 0 bridgehead atoms. The van der Waals surface area contributed by atoms with Crippen molar-refractivity contribution in [1.29, 1.82) is 0 Å². The fourth-order valence-electron chi connectivity index (χ4n) is 1.55. The van der Waals surface area contributed by atoms with Crippen LogP contribution in [0.15, 0.2) is 0 Å². The van der Waals surface area contributed by atoms with Gasteiger partial charge in [0.05, 0.1) is 0 Å². The van der Waals surface area contributed by atoms with Crippen molar-refractivity contribution in [3.8, 4) is 0 Å². The summed E-state index contributed by atoms with van der Waals surface area (Å²) < 4.78 is 0.620. The van der Waals surface area contributed by atoms with Crippen molar-refractivity contribution in [2.75, 3.05) is 0 Å². The SMILES string of the molecule is CCC(C)(C)[C]([Zr])(CC)CC. The third-order valence-electron chi connectivity index (χ3n) is 3.39. The zero-order valence-corrected chi connectivity index (χ0v) is 11.1. The van der Waals surface area contributed by atoms with Gasteiger partial charge in [0.15, 0.2) is 0 Å². The first-order chi connectivity index (χ1) is 4.93. The zero-order chi connectivity index (χ0) is 9.12. The molecular formula is C10H21Zr. The van der Waals surface area contributed by atoms with E-state index in [1.54, 1.807) is 24.7 Å². The van der Waals surface area contributed by atoms with Gasteiger partial charge in [0, 0.05) is 0 Å². The Morgan fingerprint density at radius 2 is 1.27 bits per heavy atom. The van der Waals surface area contributed by atoms with Crippen molar-refractivity contribution in [2.45, 2.75) is 57.0 Å². The normalized spacial score (nSPS) is 13.5. The first kappa shape index (κ1) is 11.9. The van der Waals surface area contributed by atoms with Crippen LogP contribution in [-0.4, -0.2) is 0 Å². The molecule has 0 saturated carbocycles. The second-order valence-electron chi connectivity index (χ2n) is 4.03. The van der Waals surface area contributed by atoms with Crippen molar-refractivity contribution in [2.24, 2.45) is 5.41 Å². The average molecular weight is 233 g/mol. The molecule has 0 aliphatic carbocycles. The van der Waals surface area contributed by atoms with Crippen LogP contribution in [0.5, 0.6) is 0 Å². The third kappa shape index (κ3) is 2.41. The van der Waals surface area contributed by atoms with Gasteiger partial charge >= 0.3 is 87.1 Å². The Morgan fingerprint density at radius 1 is 0.909 bits per heavy atom. The standard InChI is InChI=1S/C10H21.Zr/c1-6-9(7-2)10(4,5)8-3;/h6-8H2,1-5H3;. The second kappa shape index (κ2) is 4.21. The summed E-state index contributed by atoms with van der Waals surface area (Å²) in [5.74, 6) is 0. The molecular weight excluding hydrogens is 211 g/mol. The van der Waals surface area contributed by atoms with Gasteiger partial charge in [-0.1, -0.05) is 0 Å². The van der Waals surface area contributed by atoms with E-state index in [9.17, 15) is 0 Å². The van der Waals surface area contributed by atoms with Crippen LogP contribution in [0.1, 0.15) is 53.9 Å². The monoisotopic (exact) mass is 231 g/mol. The van der Waals surface area contributed by atoms with Gasteiger partial charge in [-0.3, -0.25) is 0 Å². The summed E-state index contributed by atoms with van der Waals surface area (Å²) in [5.41, 5.74) is 0.537. The third-order valence-corrected chi connectivity index (χ3v) is 6.79. The number of rotatable bonds is 4. The molecule has 0 radical (unpaired) electrons. The molecule has 0 amide bonds. The van der Waals surface area contributed by atoms with Crippen LogP contribution < -0.4 is 0 Å². The van der Waals surface area contributed by atoms with E-state index in [2.05, 4.69) is 34.6 Å². The van der Waals surface area contributed by atoms with Crippen molar-refractivity contribution in [3.05, 3.63) is 0 Å². The summed E-state index contributed by atoms with van der Waals surface area (Å²) in [4.78, 5) is 0. The topological polar surface area (TPSA) is 0 Å². The number of hydrogen-bond donors (Lipinski definition) is 0. The van der Waals surface area contributed by atoms with Crippen molar-refractivity contribution < 1.29 is 24.7 Å². The molecule has 11 heavy (non-hydrogen) atoms. The number of hydrogen-bond acceptors (Lipinski definition) is 0. The molecule has 1 heteroatoms. The molecule has 0 aromatic heterocycles. The predicted molar refractivity (Wildman–Crippen MR) is 47.3 cm³/mol. The Balaban J connectivity index is 4.47. The summed E-state index contributed by atoms with van der Waals surface area (Å²) in [5, 5.41) is 0. The summed E-state index contributed by atoms with van der Waals surface area (Å²) >= 11 is 1.72. The summed E-state index contributed by atoms with van der Waals surface area (Å²) in [6, 6.07) is 0. The molecule has 0 heterocycles. The fourth-order valence-corrected chi connectivity index (χ4v) is 1.98. The molecule has 0 saturated heterocycles. The van der Waals surface area contributed by atoms with E-state index in [0.29, 0.717) is 8.54 Å². The van der Waals surface area contributed by atoms with E-state index in [4.69, 9.17) is 0 Å². The molecule has 0 aliphatic rings. The summed E-state index contributed by atoms with van der Waals surface area (Å²) in [6.45, 7) is 11.8. The van der Waals surface area contributed by atoms with Crippen LogP contribution in [0.2, 0.25) is 3.12 Å². The molecule has 0 fully saturated rings. The van der Waals surface area contributed by atoms with Gasteiger partial charge in [0.25, 0.3) is 0 Å². The maximum absolute atomic E-state index is 2.41. The molecule has 0 aliphatic heterocycles. The summed E-state index contributed by atoms with van der Waals surface area (Å²) in [6.07, 6.45) is 3.98. The van der Waals surface area contributed by atoms with Gasteiger partial charge in [-0.2, -0.15) is 0 Å². The Morgan fingerprint density at radius 3 is 1.36 bits per heavy atom. The van der Waals surface area contributed by atoms with E-state index in [1.807, 2.05) is 0 Å². The van der Waals surface area contributed by atoms with Crippen molar-refractivity contribution >= 4 is 0 Å². The van der Waals surface area contributed by atoms with Gasteiger partial charge in [0.1, 0.15) is 0 Å². The molecule has 0 spiro atoms. The van der Waals surface area contributed by atoms with Gasteiger partial charge in [-0.05, 0) is 0 Å². The van der Waals surface area contributed by atoms with Gasteiger partial charge in [-0.25, -0.2) is 0 Å². The van der Waals surface area contributed by atoms with Crippen LogP contribution in [0.3, 0.4) is 0 Å². The molecule has 0 nitrogen and oxygen atoms in total. The Labute approximate surface area is 87.0 Å². The Kier molecular flexibility index (Phi) is 4.55. The Hall–Kier alpha value is 0.883. The van der Waals surface area contributed by atoms with Gasteiger partial charge in [-0.15, -0.1) is 0 Å².